The highest BCUT2D eigenvalue weighted by Gasteiger charge is 2.22. The molecule has 34 heavy (non-hydrogen) atoms. The van der Waals surface area contributed by atoms with Crippen LogP contribution in [0.5, 0.6) is 11.8 Å². The van der Waals surface area contributed by atoms with Crippen molar-refractivity contribution in [3.8, 4) is 22.9 Å². The highest BCUT2D eigenvalue weighted by atomic mass is 16.5. The molecule has 2 aromatic rings. The molecule has 4 rings (SSSR count). The molecule has 0 radical (unpaired) electrons. The van der Waals surface area contributed by atoms with Gasteiger partial charge in [-0.2, -0.15) is 4.98 Å². The van der Waals surface area contributed by atoms with Gasteiger partial charge in [0, 0.05) is 56.6 Å². The molecule has 0 spiro atoms. The second kappa shape index (κ2) is 12.6. The average molecular weight is 473 g/mol. The lowest BCUT2D eigenvalue weighted by Gasteiger charge is -2.26. The van der Waals surface area contributed by atoms with Gasteiger partial charge in [-0.05, 0) is 6.07 Å². The van der Waals surface area contributed by atoms with Crippen LogP contribution in [0.2, 0.25) is 0 Å². The van der Waals surface area contributed by atoms with Gasteiger partial charge in [0.2, 0.25) is 0 Å². The lowest BCUT2D eigenvalue weighted by atomic mass is 10.0. The van der Waals surface area contributed by atoms with E-state index in [0.717, 1.165) is 45.9 Å². The normalized spacial score (nSPS) is 17.3. The average Bonchev–Trinajstić information content (AvgIpc) is 2.90. The molecule has 0 N–H and O–H groups in total. The van der Waals surface area contributed by atoms with Crippen molar-refractivity contribution in [2.75, 3.05) is 86.0 Å². The number of nitrogens with zero attached hydrogens (tertiary/aromatic N) is 4. The van der Waals surface area contributed by atoms with E-state index in [4.69, 9.17) is 23.7 Å². The van der Waals surface area contributed by atoms with Gasteiger partial charge in [0.05, 0.1) is 33.5 Å². The molecule has 184 valence electrons. The summed E-state index contributed by atoms with van der Waals surface area (Å²) in [6.45, 7) is 8.32. The largest absolute Gasteiger partial charge is 0.496 e. The second-order valence-corrected chi connectivity index (χ2v) is 8.01. The van der Waals surface area contributed by atoms with Gasteiger partial charge >= 0.3 is 12.0 Å². The molecule has 0 bridgehead atoms. The third-order valence-corrected chi connectivity index (χ3v) is 5.84. The molecule has 1 aromatic carbocycles. The van der Waals surface area contributed by atoms with Crippen molar-refractivity contribution in [2.45, 2.75) is 0 Å². The smallest absolute Gasteiger partial charge is 0.357 e. The molecule has 10 nitrogen and oxygen atoms in total. The highest BCUT2D eigenvalue weighted by Crippen LogP contribution is 2.32. The maximum absolute atomic E-state index is 13.1. The fraction of sp³-hybridized carbons (Fsp3) is 0.542. The first kappa shape index (κ1) is 24.3. The van der Waals surface area contributed by atoms with E-state index in [1.807, 2.05) is 24.3 Å². The third kappa shape index (κ3) is 6.63. The van der Waals surface area contributed by atoms with Crippen molar-refractivity contribution in [3.63, 3.8) is 0 Å². The summed E-state index contributed by atoms with van der Waals surface area (Å²) < 4.78 is 27.6. The van der Waals surface area contributed by atoms with E-state index in [1.165, 1.54) is 0 Å². The number of aromatic nitrogens is 2. The molecule has 0 unspecified atom stereocenters. The summed E-state index contributed by atoms with van der Waals surface area (Å²) in [5.41, 5.74) is 1.40. The maximum Gasteiger partial charge on any atom is 0.357 e. The van der Waals surface area contributed by atoms with Gasteiger partial charge in [0.25, 0.3) is 0 Å². The molecule has 0 atom stereocenters. The van der Waals surface area contributed by atoms with Crippen LogP contribution in [0.4, 0.5) is 0 Å². The standard InChI is InChI=1S/C24H32N4O6/c1-30-21-5-3-2-4-19(21)20-18-25-24(34-17-11-28-8-14-32-15-9-28)26-22(20)23(29)33-16-10-27-6-12-31-13-7-27/h2-5,18H,6-17H2,1H3. The van der Waals surface area contributed by atoms with Crippen molar-refractivity contribution in [2.24, 2.45) is 0 Å². The Labute approximate surface area is 199 Å². The molecule has 2 saturated heterocycles. The zero-order valence-corrected chi connectivity index (χ0v) is 19.6. The Kier molecular flexibility index (Phi) is 9.03. The van der Waals surface area contributed by atoms with Gasteiger partial charge in [0.15, 0.2) is 5.69 Å². The maximum atomic E-state index is 13.1. The van der Waals surface area contributed by atoms with E-state index in [2.05, 4.69) is 19.8 Å². The summed E-state index contributed by atoms with van der Waals surface area (Å²) in [7, 11) is 1.59. The first-order valence-electron chi connectivity index (χ1n) is 11.6. The zero-order chi connectivity index (χ0) is 23.6. The molecule has 2 fully saturated rings. The van der Waals surface area contributed by atoms with E-state index in [1.54, 1.807) is 13.3 Å². The first-order valence-corrected chi connectivity index (χ1v) is 11.6. The SMILES string of the molecule is COc1ccccc1-c1cnc(OCCN2CCOCC2)nc1C(=O)OCCN1CCOCC1. The Bertz CT molecular complexity index is 931. The van der Waals surface area contributed by atoms with Crippen molar-refractivity contribution < 1.29 is 28.5 Å². The second-order valence-electron chi connectivity index (χ2n) is 8.01. The van der Waals surface area contributed by atoms with Crippen LogP contribution in [0.1, 0.15) is 10.5 Å². The molecule has 0 aliphatic carbocycles. The third-order valence-electron chi connectivity index (χ3n) is 5.84. The summed E-state index contributed by atoms with van der Waals surface area (Å²) in [5, 5.41) is 0. The molecule has 0 amide bonds. The Morgan fingerprint density at radius 1 is 0.941 bits per heavy atom. The van der Waals surface area contributed by atoms with Gasteiger partial charge in [-0.25, -0.2) is 9.78 Å². The minimum atomic E-state index is -0.519. The van der Waals surface area contributed by atoms with E-state index < -0.39 is 5.97 Å². The summed E-state index contributed by atoms with van der Waals surface area (Å²) in [6.07, 6.45) is 1.59. The van der Waals surface area contributed by atoms with E-state index in [-0.39, 0.29) is 18.3 Å². The number of methoxy groups -OCH3 is 1. The van der Waals surface area contributed by atoms with Crippen LogP contribution in [-0.4, -0.2) is 112 Å². The molecule has 10 heteroatoms. The van der Waals surface area contributed by atoms with Crippen LogP contribution in [0, 0.1) is 0 Å². The van der Waals surface area contributed by atoms with Gasteiger partial charge < -0.3 is 23.7 Å². The Balaban J connectivity index is 1.46. The molecule has 1 aromatic heterocycles. The van der Waals surface area contributed by atoms with Crippen molar-refractivity contribution in [1.29, 1.82) is 0 Å². The van der Waals surface area contributed by atoms with Gasteiger partial charge in [0.1, 0.15) is 19.0 Å². The van der Waals surface area contributed by atoms with Gasteiger partial charge in [-0.15, -0.1) is 0 Å². The lowest BCUT2D eigenvalue weighted by Crippen LogP contribution is -2.38. The number of hydrogen-bond acceptors (Lipinski definition) is 10. The summed E-state index contributed by atoms with van der Waals surface area (Å²) >= 11 is 0. The molecule has 2 aliphatic heterocycles. The first-order chi connectivity index (χ1) is 16.7. The number of hydrogen-bond donors (Lipinski definition) is 0. The topological polar surface area (TPSA) is 95.5 Å². The minimum Gasteiger partial charge on any atom is -0.496 e. The molecule has 2 aliphatic rings. The number of esters is 1. The number of morpholine rings is 2. The van der Waals surface area contributed by atoms with E-state index >= 15 is 0 Å². The fourth-order valence-corrected chi connectivity index (χ4v) is 3.91. The molecular formula is C24H32N4O6. The van der Waals surface area contributed by atoms with Crippen LogP contribution in [-0.2, 0) is 14.2 Å². The van der Waals surface area contributed by atoms with Crippen molar-refractivity contribution in [1.82, 2.24) is 19.8 Å². The van der Waals surface area contributed by atoms with Crippen molar-refractivity contribution in [3.05, 3.63) is 36.2 Å². The van der Waals surface area contributed by atoms with Crippen LogP contribution in [0.15, 0.2) is 30.5 Å². The Morgan fingerprint density at radius 3 is 2.26 bits per heavy atom. The zero-order valence-electron chi connectivity index (χ0n) is 19.6. The highest BCUT2D eigenvalue weighted by molar-refractivity contribution is 5.96. The van der Waals surface area contributed by atoms with E-state index in [9.17, 15) is 4.79 Å². The predicted octanol–water partition coefficient (Wildman–Crippen LogP) is 1.35. The Morgan fingerprint density at radius 2 is 1.59 bits per heavy atom. The number of ether oxygens (including phenoxy) is 5. The van der Waals surface area contributed by atoms with Crippen molar-refractivity contribution >= 4 is 5.97 Å². The lowest BCUT2D eigenvalue weighted by molar-refractivity contribution is 0.0192. The number of carbonyl (C=O) groups excluding carboxylic acids is 1. The van der Waals surface area contributed by atoms with Gasteiger partial charge in [-0.3, -0.25) is 9.80 Å². The van der Waals surface area contributed by atoms with Crippen LogP contribution >= 0.6 is 0 Å². The number of para-hydroxylation sites is 1. The molecule has 0 saturated carbocycles. The fourth-order valence-electron chi connectivity index (χ4n) is 3.91. The number of benzene rings is 1. The van der Waals surface area contributed by atoms with E-state index in [0.29, 0.717) is 43.2 Å². The quantitative estimate of drug-likeness (QED) is 0.472. The molecular weight excluding hydrogens is 440 g/mol. The Hall–Kier alpha value is -2.79. The van der Waals surface area contributed by atoms with Crippen LogP contribution in [0.25, 0.3) is 11.1 Å². The monoisotopic (exact) mass is 472 g/mol. The molecule has 3 heterocycles. The number of carbonyl (C=O) groups is 1. The van der Waals surface area contributed by atoms with Crippen LogP contribution < -0.4 is 9.47 Å². The van der Waals surface area contributed by atoms with Gasteiger partial charge in [-0.1, -0.05) is 18.2 Å². The van der Waals surface area contributed by atoms with Crippen LogP contribution in [0.3, 0.4) is 0 Å². The minimum absolute atomic E-state index is 0.145. The number of rotatable bonds is 10. The summed E-state index contributed by atoms with van der Waals surface area (Å²) in [4.78, 5) is 26.3. The predicted molar refractivity (Wildman–Crippen MR) is 124 cm³/mol. The summed E-state index contributed by atoms with van der Waals surface area (Å²) in [6, 6.07) is 7.58. The summed E-state index contributed by atoms with van der Waals surface area (Å²) in [5.74, 6) is 0.101.